The highest BCUT2D eigenvalue weighted by Gasteiger charge is 2.26. The van der Waals surface area contributed by atoms with E-state index < -0.39 is 0 Å². The smallest absolute Gasteiger partial charge is 0.263 e. The van der Waals surface area contributed by atoms with Gasteiger partial charge in [0.2, 0.25) is 0 Å². The van der Waals surface area contributed by atoms with E-state index in [0.29, 0.717) is 17.3 Å². The second-order valence-electron chi connectivity index (χ2n) is 4.93. The Balaban J connectivity index is 1.86. The Morgan fingerprint density at radius 1 is 1.47 bits per heavy atom. The molecule has 1 fully saturated rings. The molecule has 1 aromatic carbocycles. The second kappa shape index (κ2) is 4.90. The van der Waals surface area contributed by atoms with E-state index in [1.54, 1.807) is 6.07 Å². The summed E-state index contributed by atoms with van der Waals surface area (Å²) in [4.78, 5) is 14.9. The van der Waals surface area contributed by atoms with E-state index in [-0.39, 0.29) is 11.7 Å². The predicted octanol–water partition coefficient (Wildman–Crippen LogP) is 2.46. The Hall–Kier alpha value is -1.46. The molecule has 5 heteroatoms. The molecule has 2 N–H and O–H groups in total. The average molecular weight is 278 g/mol. The molecule has 0 spiro atoms. The highest BCUT2D eigenvalue weighted by Crippen LogP contribution is 2.28. The standard InChI is InChI=1S/C14H15FN2OS/c15-11-2-1-10-5-13(19-12(10)6-11)14(18)17-4-3-9(7-16)8-17/h1-2,5-6,9H,3-4,7-8,16H2. The van der Waals surface area contributed by atoms with E-state index in [1.165, 1.54) is 23.5 Å². The van der Waals surface area contributed by atoms with Crippen molar-refractivity contribution in [1.29, 1.82) is 0 Å². The van der Waals surface area contributed by atoms with E-state index in [1.807, 2.05) is 11.0 Å². The highest BCUT2D eigenvalue weighted by molar-refractivity contribution is 7.20. The van der Waals surface area contributed by atoms with Crippen LogP contribution in [0.1, 0.15) is 16.1 Å². The maximum Gasteiger partial charge on any atom is 0.263 e. The van der Waals surface area contributed by atoms with Gasteiger partial charge in [-0.25, -0.2) is 4.39 Å². The van der Waals surface area contributed by atoms with Gasteiger partial charge in [0, 0.05) is 17.8 Å². The number of thiophene rings is 1. The lowest BCUT2D eigenvalue weighted by molar-refractivity contribution is 0.0792. The molecule has 0 radical (unpaired) electrons. The van der Waals surface area contributed by atoms with Crippen LogP contribution in [-0.4, -0.2) is 30.4 Å². The fraction of sp³-hybridized carbons (Fsp3) is 0.357. The number of hydrogen-bond donors (Lipinski definition) is 1. The monoisotopic (exact) mass is 278 g/mol. The molecule has 1 atom stereocenters. The van der Waals surface area contributed by atoms with Gasteiger partial charge in [-0.2, -0.15) is 0 Å². The molecular weight excluding hydrogens is 263 g/mol. The molecule has 2 aromatic rings. The van der Waals surface area contributed by atoms with Gasteiger partial charge in [0.25, 0.3) is 5.91 Å². The molecule has 3 nitrogen and oxygen atoms in total. The molecule has 1 unspecified atom stereocenters. The predicted molar refractivity (Wildman–Crippen MR) is 74.8 cm³/mol. The number of halogens is 1. The summed E-state index contributed by atoms with van der Waals surface area (Å²) in [5.74, 6) is 0.186. The lowest BCUT2D eigenvalue weighted by Gasteiger charge is -2.14. The third kappa shape index (κ3) is 2.35. The molecule has 19 heavy (non-hydrogen) atoms. The van der Waals surface area contributed by atoms with E-state index >= 15 is 0 Å². The molecule has 0 bridgehead atoms. The van der Waals surface area contributed by atoms with Crippen LogP contribution in [0.5, 0.6) is 0 Å². The Kier molecular flexibility index (Phi) is 3.24. The van der Waals surface area contributed by atoms with Crippen molar-refractivity contribution in [3.8, 4) is 0 Å². The Morgan fingerprint density at radius 3 is 3.05 bits per heavy atom. The van der Waals surface area contributed by atoms with E-state index in [9.17, 15) is 9.18 Å². The molecule has 1 amide bonds. The molecular formula is C14H15FN2OS. The van der Waals surface area contributed by atoms with Gasteiger partial charge in [0.15, 0.2) is 0 Å². The third-order valence-corrected chi connectivity index (χ3v) is 4.69. The lowest BCUT2D eigenvalue weighted by Crippen LogP contribution is -2.29. The van der Waals surface area contributed by atoms with Crippen LogP contribution in [-0.2, 0) is 0 Å². The quantitative estimate of drug-likeness (QED) is 0.917. The van der Waals surface area contributed by atoms with E-state index in [0.717, 1.165) is 29.6 Å². The van der Waals surface area contributed by atoms with Crippen LogP contribution in [0.4, 0.5) is 4.39 Å². The van der Waals surface area contributed by atoms with Crippen LogP contribution in [0.25, 0.3) is 10.1 Å². The summed E-state index contributed by atoms with van der Waals surface area (Å²) in [5.41, 5.74) is 5.64. The van der Waals surface area contributed by atoms with E-state index in [4.69, 9.17) is 5.73 Å². The van der Waals surface area contributed by atoms with Crippen LogP contribution >= 0.6 is 11.3 Å². The van der Waals surface area contributed by atoms with Crippen molar-refractivity contribution in [2.45, 2.75) is 6.42 Å². The number of fused-ring (bicyclic) bond motifs is 1. The molecule has 3 rings (SSSR count). The first-order valence-corrected chi connectivity index (χ1v) is 7.17. The number of carbonyl (C=O) groups excluding carboxylic acids is 1. The zero-order chi connectivity index (χ0) is 13.4. The van der Waals surface area contributed by atoms with Crippen LogP contribution < -0.4 is 5.73 Å². The van der Waals surface area contributed by atoms with Crippen molar-refractivity contribution in [1.82, 2.24) is 4.90 Å². The first-order chi connectivity index (χ1) is 9.17. The zero-order valence-corrected chi connectivity index (χ0v) is 11.3. The number of nitrogens with zero attached hydrogens (tertiary/aromatic N) is 1. The summed E-state index contributed by atoms with van der Waals surface area (Å²) in [5, 5.41) is 0.921. The van der Waals surface area contributed by atoms with Crippen molar-refractivity contribution < 1.29 is 9.18 Å². The third-order valence-electron chi connectivity index (χ3n) is 3.60. The minimum absolute atomic E-state index is 0.0394. The number of carbonyl (C=O) groups is 1. The van der Waals surface area contributed by atoms with Gasteiger partial charge in [-0.05, 0) is 42.5 Å². The molecule has 100 valence electrons. The minimum Gasteiger partial charge on any atom is -0.338 e. The minimum atomic E-state index is -0.266. The van der Waals surface area contributed by atoms with E-state index in [2.05, 4.69) is 0 Å². The number of benzene rings is 1. The highest BCUT2D eigenvalue weighted by atomic mass is 32.1. The molecule has 1 aliphatic heterocycles. The summed E-state index contributed by atoms with van der Waals surface area (Å²) in [7, 11) is 0. The Labute approximate surface area is 114 Å². The summed E-state index contributed by atoms with van der Waals surface area (Å²) in [6, 6.07) is 6.45. The van der Waals surface area contributed by atoms with Crippen LogP contribution in [0.2, 0.25) is 0 Å². The fourth-order valence-electron chi connectivity index (χ4n) is 2.48. The summed E-state index contributed by atoms with van der Waals surface area (Å²) in [6.45, 7) is 2.13. The maximum absolute atomic E-state index is 13.1. The van der Waals surface area contributed by atoms with Gasteiger partial charge in [0.1, 0.15) is 5.82 Å². The number of amides is 1. The molecule has 0 saturated carbocycles. The van der Waals surface area contributed by atoms with Gasteiger partial charge in [0.05, 0.1) is 4.88 Å². The number of rotatable bonds is 2. The van der Waals surface area contributed by atoms with Gasteiger partial charge >= 0.3 is 0 Å². The van der Waals surface area contributed by atoms with Gasteiger partial charge in [-0.15, -0.1) is 11.3 Å². The van der Waals surface area contributed by atoms with Crippen molar-refractivity contribution in [2.24, 2.45) is 11.7 Å². The summed E-state index contributed by atoms with van der Waals surface area (Å²) in [6.07, 6.45) is 0.974. The molecule has 0 aliphatic carbocycles. The van der Waals surface area contributed by atoms with Crippen LogP contribution in [0, 0.1) is 11.7 Å². The van der Waals surface area contributed by atoms with Gasteiger partial charge in [-0.1, -0.05) is 6.07 Å². The lowest BCUT2D eigenvalue weighted by atomic mass is 10.1. The Bertz CT molecular complexity index is 625. The fourth-order valence-corrected chi connectivity index (χ4v) is 3.53. The number of likely N-dealkylation sites (tertiary alicyclic amines) is 1. The second-order valence-corrected chi connectivity index (χ2v) is 6.02. The summed E-state index contributed by atoms with van der Waals surface area (Å²) >= 11 is 1.35. The Morgan fingerprint density at radius 2 is 2.32 bits per heavy atom. The van der Waals surface area contributed by atoms with Gasteiger partial charge < -0.3 is 10.6 Å². The number of nitrogens with two attached hydrogens (primary N) is 1. The van der Waals surface area contributed by atoms with Crippen molar-refractivity contribution in [3.05, 3.63) is 35.0 Å². The first kappa shape index (κ1) is 12.6. The zero-order valence-electron chi connectivity index (χ0n) is 10.4. The van der Waals surface area contributed by atoms with Crippen LogP contribution in [0.3, 0.4) is 0 Å². The van der Waals surface area contributed by atoms with Crippen molar-refractivity contribution >= 4 is 27.3 Å². The largest absolute Gasteiger partial charge is 0.338 e. The normalized spacial score (nSPS) is 19.3. The van der Waals surface area contributed by atoms with Crippen molar-refractivity contribution in [2.75, 3.05) is 19.6 Å². The van der Waals surface area contributed by atoms with Crippen molar-refractivity contribution in [3.63, 3.8) is 0 Å². The molecule has 2 heterocycles. The number of hydrogen-bond acceptors (Lipinski definition) is 3. The molecule has 1 aromatic heterocycles. The molecule has 1 saturated heterocycles. The topological polar surface area (TPSA) is 46.3 Å². The molecule has 1 aliphatic rings. The van der Waals surface area contributed by atoms with Crippen LogP contribution in [0.15, 0.2) is 24.3 Å². The summed E-state index contributed by atoms with van der Waals surface area (Å²) < 4.78 is 14.0. The SMILES string of the molecule is NCC1CCN(C(=O)c2cc3ccc(F)cc3s2)C1. The first-order valence-electron chi connectivity index (χ1n) is 6.36. The van der Waals surface area contributed by atoms with Gasteiger partial charge in [-0.3, -0.25) is 4.79 Å². The average Bonchev–Trinajstić information content (AvgIpc) is 3.03. The maximum atomic E-state index is 13.1.